The zero-order valence-corrected chi connectivity index (χ0v) is 9.05. The summed E-state index contributed by atoms with van der Waals surface area (Å²) < 4.78 is 5.57. The van der Waals surface area contributed by atoms with E-state index in [-0.39, 0.29) is 5.41 Å². The van der Waals surface area contributed by atoms with Crippen LogP contribution in [0.4, 0.5) is 0 Å². The fraction of sp³-hybridized carbons (Fsp3) is 0.900. The van der Waals surface area contributed by atoms with Gasteiger partial charge in [-0.25, -0.2) is 0 Å². The summed E-state index contributed by atoms with van der Waals surface area (Å²) in [6.45, 7) is 3.08. The molecule has 78 valence electrons. The number of fused-ring (bicyclic) bond motifs is 2. The van der Waals surface area contributed by atoms with Crippen LogP contribution in [-0.2, 0) is 4.74 Å². The maximum absolute atomic E-state index is 5.78. The molecule has 0 aromatic rings. The van der Waals surface area contributed by atoms with Crippen LogP contribution in [0.3, 0.4) is 0 Å². The van der Waals surface area contributed by atoms with Crippen LogP contribution in [0.15, 0.2) is 0 Å². The Balaban J connectivity index is 1.66. The van der Waals surface area contributed by atoms with Crippen LogP contribution in [0.1, 0.15) is 19.3 Å². The summed E-state index contributed by atoms with van der Waals surface area (Å²) in [6, 6.07) is 0.645. The zero-order valence-electron chi connectivity index (χ0n) is 8.24. The molecule has 4 heteroatoms. The lowest BCUT2D eigenvalue weighted by molar-refractivity contribution is 0.0263. The number of morpholine rings is 1. The quantitative estimate of drug-likeness (QED) is 0.692. The third kappa shape index (κ3) is 1.28. The first-order valence-electron chi connectivity index (χ1n) is 5.35. The molecule has 2 saturated heterocycles. The SMILES string of the molecule is NC(=S)C1(CN2CC3CC2CO3)CC1. The number of nitrogens with two attached hydrogens (primary N) is 1. The van der Waals surface area contributed by atoms with Crippen molar-refractivity contribution in [3.8, 4) is 0 Å². The molecule has 2 unspecified atom stereocenters. The van der Waals surface area contributed by atoms with Crippen LogP contribution in [0.2, 0.25) is 0 Å². The highest BCUT2D eigenvalue weighted by Gasteiger charge is 2.50. The molecule has 3 rings (SSSR count). The molecule has 0 aromatic carbocycles. The minimum Gasteiger partial charge on any atom is -0.393 e. The van der Waals surface area contributed by atoms with E-state index < -0.39 is 0 Å². The van der Waals surface area contributed by atoms with E-state index in [0.29, 0.717) is 12.1 Å². The maximum atomic E-state index is 5.78. The van der Waals surface area contributed by atoms with E-state index in [0.717, 1.165) is 24.7 Å². The molecule has 2 aliphatic heterocycles. The van der Waals surface area contributed by atoms with Crippen molar-refractivity contribution in [3.05, 3.63) is 0 Å². The van der Waals surface area contributed by atoms with Crippen LogP contribution < -0.4 is 5.73 Å². The monoisotopic (exact) mass is 212 g/mol. The standard InChI is InChI=1S/C10H16N2OS/c11-9(14)10(1-2-10)6-12-4-8-3-7(12)5-13-8/h7-8H,1-6H2,(H2,11,14). The normalized spacial score (nSPS) is 38.9. The fourth-order valence-electron chi connectivity index (χ4n) is 2.69. The Labute approximate surface area is 89.6 Å². The van der Waals surface area contributed by atoms with Crippen molar-refractivity contribution in [2.75, 3.05) is 19.7 Å². The van der Waals surface area contributed by atoms with Gasteiger partial charge in [-0.05, 0) is 19.3 Å². The Hall–Kier alpha value is -0.190. The number of thiocarbonyl (C=S) groups is 1. The van der Waals surface area contributed by atoms with Gasteiger partial charge in [0.05, 0.1) is 17.7 Å². The Morgan fingerprint density at radius 3 is 2.79 bits per heavy atom. The van der Waals surface area contributed by atoms with Crippen molar-refractivity contribution in [3.63, 3.8) is 0 Å². The van der Waals surface area contributed by atoms with Gasteiger partial charge in [-0.1, -0.05) is 12.2 Å². The van der Waals surface area contributed by atoms with Gasteiger partial charge in [-0.15, -0.1) is 0 Å². The van der Waals surface area contributed by atoms with Crippen molar-refractivity contribution < 1.29 is 4.74 Å². The molecule has 0 amide bonds. The minimum absolute atomic E-state index is 0.194. The molecular formula is C10H16N2OS. The predicted molar refractivity (Wildman–Crippen MR) is 58.2 cm³/mol. The van der Waals surface area contributed by atoms with E-state index in [1.165, 1.54) is 19.3 Å². The fourth-order valence-corrected chi connectivity index (χ4v) is 2.96. The predicted octanol–water partition coefficient (Wildman–Crippen LogP) is 0.526. The van der Waals surface area contributed by atoms with Crippen LogP contribution in [-0.4, -0.2) is 41.7 Å². The number of rotatable bonds is 3. The number of likely N-dealkylation sites (tertiary alicyclic amines) is 1. The molecule has 14 heavy (non-hydrogen) atoms. The van der Waals surface area contributed by atoms with E-state index in [2.05, 4.69) is 4.90 Å². The van der Waals surface area contributed by atoms with E-state index in [4.69, 9.17) is 22.7 Å². The molecule has 2 N–H and O–H groups in total. The number of hydrogen-bond donors (Lipinski definition) is 1. The van der Waals surface area contributed by atoms with Crippen LogP contribution in [0.25, 0.3) is 0 Å². The largest absolute Gasteiger partial charge is 0.393 e. The van der Waals surface area contributed by atoms with Crippen molar-refractivity contribution in [2.24, 2.45) is 11.1 Å². The second-order valence-corrected chi connectivity index (χ2v) is 5.36. The van der Waals surface area contributed by atoms with Crippen LogP contribution >= 0.6 is 12.2 Å². The van der Waals surface area contributed by atoms with Gasteiger partial charge in [0.1, 0.15) is 0 Å². The first kappa shape index (κ1) is 9.07. The summed E-state index contributed by atoms with van der Waals surface area (Å²) in [7, 11) is 0. The molecule has 0 radical (unpaired) electrons. The summed E-state index contributed by atoms with van der Waals surface area (Å²) >= 11 is 5.13. The summed E-state index contributed by atoms with van der Waals surface area (Å²) in [5.74, 6) is 0. The van der Waals surface area contributed by atoms with Gasteiger partial charge in [0, 0.05) is 24.5 Å². The average Bonchev–Trinajstić information content (AvgIpc) is 2.66. The van der Waals surface area contributed by atoms with Gasteiger partial charge in [-0.2, -0.15) is 0 Å². The summed E-state index contributed by atoms with van der Waals surface area (Å²) in [4.78, 5) is 3.25. The van der Waals surface area contributed by atoms with Crippen molar-refractivity contribution in [2.45, 2.75) is 31.4 Å². The Bertz CT molecular complexity index is 277. The molecular weight excluding hydrogens is 196 g/mol. The molecule has 0 spiro atoms. The molecule has 1 aliphatic carbocycles. The summed E-state index contributed by atoms with van der Waals surface area (Å²) in [6.07, 6.45) is 4.09. The highest BCUT2D eigenvalue weighted by Crippen LogP contribution is 2.48. The molecule has 1 saturated carbocycles. The van der Waals surface area contributed by atoms with Gasteiger partial charge >= 0.3 is 0 Å². The topological polar surface area (TPSA) is 38.5 Å². The second-order valence-electron chi connectivity index (χ2n) is 4.92. The minimum atomic E-state index is 0.194. The highest BCUT2D eigenvalue weighted by molar-refractivity contribution is 7.80. The molecule has 2 atom stereocenters. The smallest absolute Gasteiger partial charge is 0.0802 e. The maximum Gasteiger partial charge on any atom is 0.0802 e. The lowest BCUT2D eigenvalue weighted by Gasteiger charge is -2.30. The molecule has 2 bridgehead atoms. The third-order valence-corrected chi connectivity index (χ3v) is 4.33. The average molecular weight is 212 g/mol. The van der Waals surface area contributed by atoms with E-state index in [1.54, 1.807) is 0 Å². The van der Waals surface area contributed by atoms with Gasteiger partial charge in [0.25, 0.3) is 0 Å². The van der Waals surface area contributed by atoms with Crippen molar-refractivity contribution >= 4 is 17.2 Å². The highest BCUT2D eigenvalue weighted by atomic mass is 32.1. The Morgan fingerprint density at radius 1 is 1.57 bits per heavy atom. The van der Waals surface area contributed by atoms with E-state index in [9.17, 15) is 0 Å². The molecule has 3 aliphatic rings. The molecule has 3 nitrogen and oxygen atoms in total. The van der Waals surface area contributed by atoms with Gasteiger partial charge < -0.3 is 10.5 Å². The first-order chi connectivity index (χ1) is 6.70. The lowest BCUT2D eigenvalue weighted by Crippen LogP contribution is -2.43. The number of hydrogen-bond acceptors (Lipinski definition) is 3. The zero-order chi connectivity index (χ0) is 9.76. The number of ether oxygens (including phenoxy) is 1. The molecule has 0 aromatic heterocycles. The second kappa shape index (κ2) is 2.90. The Kier molecular flexibility index (Phi) is 1.88. The van der Waals surface area contributed by atoms with Crippen LogP contribution in [0, 0.1) is 5.41 Å². The van der Waals surface area contributed by atoms with Gasteiger partial charge in [0.15, 0.2) is 0 Å². The Morgan fingerprint density at radius 2 is 2.36 bits per heavy atom. The van der Waals surface area contributed by atoms with Crippen molar-refractivity contribution in [1.82, 2.24) is 4.90 Å². The van der Waals surface area contributed by atoms with Gasteiger partial charge in [0.2, 0.25) is 0 Å². The summed E-state index contributed by atoms with van der Waals surface area (Å²) in [5, 5.41) is 0. The number of nitrogens with zero attached hydrogens (tertiary/aromatic N) is 1. The van der Waals surface area contributed by atoms with Crippen molar-refractivity contribution in [1.29, 1.82) is 0 Å². The van der Waals surface area contributed by atoms with Crippen LogP contribution in [0.5, 0.6) is 0 Å². The molecule has 2 heterocycles. The van der Waals surface area contributed by atoms with Gasteiger partial charge in [-0.3, -0.25) is 4.90 Å². The third-order valence-electron chi connectivity index (χ3n) is 3.90. The molecule has 3 fully saturated rings. The van der Waals surface area contributed by atoms with E-state index >= 15 is 0 Å². The summed E-state index contributed by atoms with van der Waals surface area (Å²) in [5.41, 5.74) is 5.98. The van der Waals surface area contributed by atoms with E-state index in [1.807, 2.05) is 0 Å². The first-order valence-corrected chi connectivity index (χ1v) is 5.76. The lowest BCUT2D eigenvalue weighted by atomic mass is 10.1.